The smallest absolute Gasteiger partial charge is 0.243 e. The van der Waals surface area contributed by atoms with E-state index in [1.165, 1.54) is 0 Å². The topological polar surface area (TPSA) is 49.4 Å². The number of rotatable bonds is 5. The SMILES string of the molecule is CCNC(C)c1ccc(S(=O)(=O)N2CCC(C)(C)C2)cc1. The molecule has 4 nitrogen and oxygen atoms in total. The number of hydrogen-bond acceptors (Lipinski definition) is 3. The van der Waals surface area contributed by atoms with Crippen molar-refractivity contribution in [2.24, 2.45) is 5.41 Å². The number of benzene rings is 1. The van der Waals surface area contributed by atoms with Crippen LogP contribution in [0.4, 0.5) is 0 Å². The van der Waals surface area contributed by atoms with Crippen LogP contribution in [0.5, 0.6) is 0 Å². The Morgan fingerprint density at radius 3 is 2.38 bits per heavy atom. The van der Waals surface area contributed by atoms with E-state index in [-0.39, 0.29) is 11.5 Å². The van der Waals surface area contributed by atoms with Gasteiger partial charge in [0.2, 0.25) is 10.0 Å². The summed E-state index contributed by atoms with van der Waals surface area (Å²) in [6, 6.07) is 7.49. The van der Waals surface area contributed by atoms with Crippen LogP contribution < -0.4 is 5.32 Å². The highest BCUT2D eigenvalue weighted by atomic mass is 32.2. The van der Waals surface area contributed by atoms with E-state index < -0.39 is 10.0 Å². The van der Waals surface area contributed by atoms with E-state index in [1.54, 1.807) is 16.4 Å². The maximum Gasteiger partial charge on any atom is 0.243 e. The first-order valence-electron chi connectivity index (χ1n) is 7.60. The van der Waals surface area contributed by atoms with Gasteiger partial charge in [-0.25, -0.2) is 8.42 Å². The molecule has 5 heteroatoms. The van der Waals surface area contributed by atoms with Crippen molar-refractivity contribution in [3.63, 3.8) is 0 Å². The zero-order valence-corrected chi connectivity index (χ0v) is 14.2. The van der Waals surface area contributed by atoms with E-state index in [9.17, 15) is 8.42 Å². The molecule has 2 rings (SSSR count). The standard InChI is InChI=1S/C16H26N2O2S/c1-5-17-13(2)14-6-8-15(9-7-14)21(19,20)18-11-10-16(3,4)12-18/h6-9,13,17H,5,10-12H2,1-4H3. The highest BCUT2D eigenvalue weighted by molar-refractivity contribution is 7.89. The van der Waals surface area contributed by atoms with Gasteiger partial charge in [-0.3, -0.25) is 0 Å². The van der Waals surface area contributed by atoms with Gasteiger partial charge in [-0.2, -0.15) is 4.31 Å². The van der Waals surface area contributed by atoms with Crippen molar-refractivity contribution >= 4 is 10.0 Å². The molecule has 118 valence electrons. The highest BCUT2D eigenvalue weighted by Crippen LogP contribution is 2.32. The van der Waals surface area contributed by atoms with Gasteiger partial charge in [-0.05, 0) is 43.0 Å². The molecule has 1 atom stereocenters. The zero-order chi connectivity index (χ0) is 15.7. The molecule has 1 saturated heterocycles. The third kappa shape index (κ3) is 3.65. The van der Waals surface area contributed by atoms with E-state index in [4.69, 9.17) is 0 Å². The number of nitrogens with one attached hydrogen (secondary N) is 1. The number of sulfonamides is 1. The van der Waals surface area contributed by atoms with Crippen LogP contribution in [0.3, 0.4) is 0 Å². The second kappa shape index (κ2) is 6.07. The van der Waals surface area contributed by atoms with Gasteiger partial charge in [0.1, 0.15) is 0 Å². The Hall–Kier alpha value is -0.910. The fraction of sp³-hybridized carbons (Fsp3) is 0.625. The molecule has 1 N–H and O–H groups in total. The molecule has 1 heterocycles. The second-order valence-electron chi connectivity index (χ2n) is 6.60. The molecule has 21 heavy (non-hydrogen) atoms. The van der Waals surface area contributed by atoms with Gasteiger partial charge in [0.25, 0.3) is 0 Å². The van der Waals surface area contributed by atoms with E-state index in [1.807, 2.05) is 12.1 Å². The molecular weight excluding hydrogens is 284 g/mol. The van der Waals surface area contributed by atoms with E-state index >= 15 is 0 Å². The normalized spacial score (nSPS) is 20.6. The minimum atomic E-state index is -3.35. The Labute approximate surface area is 128 Å². The quantitative estimate of drug-likeness (QED) is 0.910. The van der Waals surface area contributed by atoms with Crippen LogP contribution in [0.2, 0.25) is 0 Å². The monoisotopic (exact) mass is 310 g/mol. The van der Waals surface area contributed by atoms with Gasteiger partial charge in [0.15, 0.2) is 0 Å². The Morgan fingerprint density at radius 1 is 1.29 bits per heavy atom. The fourth-order valence-corrected chi connectivity index (χ4v) is 4.40. The van der Waals surface area contributed by atoms with Crippen molar-refractivity contribution < 1.29 is 8.42 Å². The predicted octanol–water partition coefficient (Wildman–Crippen LogP) is 2.78. The lowest BCUT2D eigenvalue weighted by Gasteiger charge is -2.20. The van der Waals surface area contributed by atoms with Gasteiger partial charge in [0, 0.05) is 19.1 Å². The van der Waals surface area contributed by atoms with Crippen LogP contribution >= 0.6 is 0 Å². The first kappa shape index (κ1) is 16.5. The van der Waals surface area contributed by atoms with Gasteiger partial charge < -0.3 is 5.32 Å². The third-order valence-corrected chi connectivity index (χ3v) is 6.03. The molecule has 1 aliphatic heterocycles. The minimum absolute atomic E-state index is 0.0760. The van der Waals surface area contributed by atoms with Crippen LogP contribution in [0.1, 0.15) is 45.7 Å². The maximum atomic E-state index is 12.6. The molecule has 0 radical (unpaired) electrons. The van der Waals surface area contributed by atoms with Crippen LogP contribution in [0.15, 0.2) is 29.2 Å². The first-order chi connectivity index (χ1) is 9.76. The summed E-state index contributed by atoms with van der Waals surface area (Å²) >= 11 is 0. The Kier molecular flexibility index (Phi) is 4.76. The van der Waals surface area contributed by atoms with Crippen molar-refractivity contribution in [1.29, 1.82) is 0 Å². The lowest BCUT2D eigenvalue weighted by molar-refractivity contribution is 0.375. The molecule has 0 aromatic heterocycles. The van der Waals surface area contributed by atoms with Crippen LogP contribution in [0, 0.1) is 5.41 Å². The molecule has 1 aromatic rings. The van der Waals surface area contributed by atoms with Crippen molar-refractivity contribution in [2.75, 3.05) is 19.6 Å². The van der Waals surface area contributed by atoms with Gasteiger partial charge >= 0.3 is 0 Å². The Balaban J connectivity index is 2.18. The van der Waals surface area contributed by atoms with Crippen LogP contribution in [-0.2, 0) is 10.0 Å². The molecule has 1 aromatic carbocycles. The molecule has 0 amide bonds. The van der Waals surface area contributed by atoms with E-state index in [2.05, 4.69) is 33.0 Å². The summed E-state index contributed by atoms with van der Waals surface area (Å²) in [4.78, 5) is 0.396. The highest BCUT2D eigenvalue weighted by Gasteiger charge is 2.36. The van der Waals surface area contributed by atoms with Gasteiger partial charge in [-0.15, -0.1) is 0 Å². The van der Waals surface area contributed by atoms with Gasteiger partial charge in [-0.1, -0.05) is 32.9 Å². The average molecular weight is 310 g/mol. The summed E-state index contributed by atoms with van der Waals surface area (Å²) in [6.07, 6.45) is 0.918. The molecule has 0 aliphatic carbocycles. The molecular formula is C16H26N2O2S. The largest absolute Gasteiger partial charge is 0.310 e. The molecule has 0 spiro atoms. The van der Waals surface area contributed by atoms with Crippen molar-refractivity contribution in [3.05, 3.63) is 29.8 Å². The summed E-state index contributed by atoms with van der Waals surface area (Å²) in [5.74, 6) is 0. The number of hydrogen-bond donors (Lipinski definition) is 1. The summed E-state index contributed by atoms with van der Waals surface area (Å²) in [7, 11) is -3.35. The molecule has 1 aliphatic rings. The van der Waals surface area contributed by atoms with Crippen molar-refractivity contribution in [1.82, 2.24) is 9.62 Å². The van der Waals surface area contributed by atoms with E-state index in [0.717, 1.165) is 18.5 Å². The van der Waals surface area contributed by atoms with Crippen molar-refractivity contribution in [3.8, 4) is 0 Å². The maximum absolute atomic E-state index is 12.6. The van der Waals surface area contributed by atoms with E-state index in [0.29, 0.717) is 18.0 Å². The van der Waals surface area contributed by atoms with Crippen LogP contribution in [0.25, 0.3) is 0 Å². The first-order valence-corrected chi connectivity index (χ1v) is 9.04. The Bertz CT molecular complexity index is 579. The molecule has 0 bridgehead atoms. The average Bonchev–Trinajstić information content (AvgIpc) is 2.80. The summed E-state index contributed by atoms with van der Waals surface area (Å²) < 4.78 is 26.9. The number of nitrogens with zero attached hydrogens (tertiary/aromatic N) is 1. The lowest BCUT2D eigenvalue weighted by atomic mass is 9.93. The van der Waals surface area contributed by atoms with Crippen molar-refractivity contribution in [2.45, 2.75) is 45.1 Å². The third-order valence-electron chi connectivity index (χ3n) is 4.17. The lowest BCUT2D eigenvalue weighted by Crippen LogP contribution is -2.30. The fourth-order valence-electron chi connectivity index (χ4n) is 2.77. The predicted molar refractivity (Wildman–Crippen MR) is 85.7 cm³/mol. The summed E-state index contributed by atoms with van der Waals surface area (Å²) in [6.45, 7) is 10.5. The molecule has 1 fully saturated rings. The minimum Gasteiger partial charge on any atom is -0.310 e. The summed E-state index contributed by atoms with van der Waals surface area (Å²) in [5.41, 5.74) is 1.18. The molecule has 0 saturated carbocycles. The second-order valence-corrected chi connectivity index (χ2v) is 8.54. The molecule has 1 unspecified atom stereocenters. The zero-order valence-electron chi connectivity index (χ0n) is 13.4. The Morgan fingerprint density at radius 2 is 1.90 bits per heavy atom. The van der Waals surface area contributed by atoms with Crippen LogP contribution in [-0.4, -0.2) is 32.4 Å². The van der Waals surface area contributed by atoms with Gasteiger partial charge in [0.05, 0.1) is 4.90 Å². The summed E-state index contributed by atoms with van der Waals surface area (Å²) in [5, 5.41) is 3.33.